The van der Waals surface area contributed by atoms with Crippen LogP contribution in [0.4, 0.5) is 11.4 Å². The van der Waals surface area contributed by atoms with E-state index >= 15 is 0 Å². The Hall–Kier alpha value is -2.06. The van der Waals surface area contributed by atoms with Crippen LogP contribution in [-0.4, -0.2) is 24.0 Å². The number of primary sulfonamides is 1. The molecular formula is C12H17N5O2S. The largest absolute Gasteiger partial charge is 0.398 e. The van der Waals surface area contributed by atoms with Gasteiger partial charge in [-0.15, -0.1) is 0 Å². The van der Waals surface area contributed by atoms with Crippen LogP contribution in [0.1, 0.15) is 6.92 Å². The summed E-state index contributed by atoms with van der Waals surface area (Å²) in [5, 5.41) is 8.30. The van der Waals surface area contributed by atoms with Gasteiger partial charge in [0.25, 0.3) is 0 Å². The Morgan fingerprint density at radius 2 is 2.20 bits per heavy atom. The molecule has 20 heavy (non-hydrogen) atoms. The summed E-state index contributed by atoms with van der Waals surface area (Å²) >= 11 is 0. The molecule has 1 aromatic carbocycles. The lowest BCUT2D eigenvalue weighted by Crippen LogP contribution is -2.21. The molecule has 0 aliphatic heterocycles. The van der Waals surface area contributed by atoms with Crippen LogP contribution in [-0.2, 0) is 16.6 Å². The number of nitrogens with two attached hydrogens (primary N) is 2. The van der Waals surface area contributed by atoms with E-state index in [9.17, 15) is 8.42 Å². The van der Waals surface area contributed by atoms with Crippen molar-refractivity contribution in [3.63, 3.8) is 0 Å². The van der Waals surface area contributed by atoms with Crippen LogP contribution in [0.25, 0.3) is 0 Å². The molecule has 1 unspecified atom stereocenters. The zero-order valence-electron chi connectivity index (χ0n) is 11.0. The quantitative estimate of drug-likeness (QED) is 0.699. The molecule has 8 heteroatoms. The van der Waals surface area contributed by atoms with Crippen LogP contribution in [0.2, 0.25) is 0 Å². The smallest absolute Gasteiger partial charge is 0.240 e. The molecule has 5 N–H and O–H groups in total. The number of nitrogens with zero attached hydrogens (tertiary/aromatic N) is 2. The SMILES string of the molecule is CC(Cn1ccnc1)Nc1ccc(S(N)(=O)=O)c(N)c1. The van der Waals surface area contributed by atoms with Crippen LogP contribution in [0.3, 0.4) is 0 Å². The molecule has 0 aliphatic rings. The van der Waals surface area contributed by atoms with Gasteiger partial charge in [0.1, 0.15) is 4.90 Å². The van der Waals surface area contributed by atoms with Gasteiger partial charge in [-0.2, -0.15) is 0 Å². The van der Waals surface area contributed by atoms with Crippen molar-refractivity contribution >= 4 is 21.4 Å². The Kier molecular flexibility index (Phi) is 3.96. The van der Waals surface area contributed by atoms with E-state index in [1.54, 1.807) is 24.7 Å². The summed E-state index contributed by atoms with van der Waals surface area (Å²) in [6, 6.07) is 4.73. The van der Waals surface area contributed by atoms with Gasteiger partial charge in [-0.05, 0) is 25.1 Å². The van der Waals surface area contributed by atoms with Gasteiger partial charge in [0, 0.05) is 30.7 Å². The Bertz CT molecular complexity index is 682. The van der Waals surface area contributed by atoms with Crippen LogP contribution in [0, 0.1) is 0 Å². The molecule has 0 amide bonds. The van der Waals surface area contributed by atoms with Gasteiger partial charge >= 0.3 is 0 Å². The number of sulfonamides is 1. The van der Waals surface area contributed by atoms with Gasteiger partial charge in [-0.3, -0.25) is 0 Å². The second-order valence-electron chi connectivity index (χ2n) is 4.60. The molecule has 2 aromatic rings. The van der Waals surface area contributed by atoms with E-state index in [-0.39, 0.29) is 16.6 Å². The Labute approximate surface area is 117 Å². The summed E-state index contributed by atoms with van der Waals surface area (Å²) in [6.07, 6.45) is 5.32. The molecule has 0 radical (unpaired) electrons. The maximum absolute atomic E-state index is 11.3. The normalized spacial score (nSPS) is 13.1. The van der Waals surface area contributed by atoms with Crippen LogP contribution < -0.4 is 16.2 Å². The zero-order valence-corrected chi connectivity index (χ0v) is 11.8. The van der Waals surface area contributed by atoms with Crippen LogP contribution in [0.15, 0.2) is 41.8 Å². The lowest BCUT2D eigenvalue weighted by Gasteiger charge is -2.16. The van der Waals surface area contributed by atoms with E-state index in [0.717, 1.165) is 12.2 Å². The summed E-state index contributed by atoms with van der Waals surface area (Å²) < 4.78 is 24.5. The lowest BCUT2D eigenvalue weighted by atomic mass is 10.2. The van der Waals surface area contributed by atoms with E-state index in [4.69, 9.17) is 10.9 Å². The molecule has 108 valence electrons. The molecule has 1 aromatic heterocycles. The fraction of sp³-hybridized carbons (Fsp3) is 0.250. The van der Waals surface area contributed by atoms with Gasteiger partial charge in [0.15, 0.2) is 0 Å². The van der Waals surface area contributed by atoms with Gasteiger partial charge in [0.05, 0.1) is 12.0 Å². The number of hydrogen-bond donors (Lipinski definition) is 3. The number of nitrogen functional groups attached to an aromatic ring is 1. The first-order valence-corrected chi connectivity index (χ1v) is 7.55. The number of nitrogens with one attached hydrogen (secondary N) is 1. The second kappa shape index (κ2) is 5.51. The number of hydrogen-bond acceptors (Lipinski definition) is 5. The monoisotopic (exact) mass is 295 g/mol. The summed E-state index contributed by atoms with van der Waals surface area (Å²) in [5.74, 6) is 0. The molecule has 7 nitrogen and oxygen atoms in total. The molecule has 0 bridgehead atoms. The highest BCUT2D eigenvalue weighted by Crippen LogP contribution is 2.21. The summed E-state index contributed by atoms with van der Waals surface area (Å²) in [5.41, 5.74) is 6.58. The highest BCUT2D eigenvalue weighted by atomic mass is 32.2. The summed E-state index contributed by atoms with van der Waals surface area (Å²) in [6.45, 7) is 2.74. The highest BCUT2D eigenvalue weighted by molar-refractivity contribution is 7.89. The Balaban J connectivity index is 2.09. The van der Waals surface area contributed by atoms with Crippen molar-refractivity contribution in [2.45, 2.75) is 24.4 Å². The van der Waals surface area contributed by atoms with E-state index < -0.39 is 10.0 Å². The van der Waals surface area contributed by atoms with Crippen molar-refractivity contribution in [1.29, 1.82) is 0 Å². The van der Waals surface area contributed by atoms with Crippen molar-refractivity contribution in [2.75, 3.05) is 11.1 Å². The van der Waals surface area contributed by atoms with Gasteiger partial charge in [-0.1, -0.05) is 0 Å². The molecule has 0 fully saturated rings. The minimum absolute atomic E-state index is 0.0645. The average molecular weight is 295 g/mol. The maximum atomic E-state index is 11.3. The highest BCUT2D eigenvalue weighted by Gasteiger charge is 2.13. The Morgan fingerprint density at radius 3 is 2.75 bits per heavy atom. The van der Waals surface area contributed by atoms with Crippen molar-refractivity contribution in [3.8, 4) is 0 Å². The summed E-state index contributed by atoms with van der Waals surface area (Å²) in [4.78, 5) is 3.91. The Morgan fingerprint density at radius 1 is 1.45 bits per heavy atom. The third-order valence-corrected chi connectivity index (χ3v) is 3.76. The van der Waals surface area contributed by atoms with Crippen molar-refractivity contribution in [2.24, 2.45) is 5.14 Å². The first kappa shape index (κ1) is 14.4. The minimum Gasteiger partial charge on any atom is -0.398 e. The van der Waals surface area contributed by atoms with E-state index in [1.807, 2.05) is 17.7 Å². The molecular weight excluding hydrogens is 278 g/mol. The number of anilines is 2. The fourth-order valence-corrected chi connectivity index (χ4v) is 2.58. The predicted octanol–water partition coefficient (Wildman–Crippen LogP) is 0.613. The molecule has 1 heterocycles. The average Bonchev–Trinajstić information content (AvgIpc) is 2.79. The van der Waals surface area contributed by atoms with Crippen molar-refractivity contribution in [1.82, 2.24) is 9.55 Å². The molecule has 0 saturated heterocycles. The predicted molar refractivity (Wildman–Crippen MR) is 77.5 cm³/mol. The fourth-order valence-electron chi connectivity index (χ4n) is 1.94. The molecule has 0 aliphatic carbocycles. The van der Waals surface area contributed by atoms with Crippen LogP contribution >= 0.6 is 0 Å². The van der Waals surface area contributed by atoms with E-state index in [1.165, 1.54) is 6.07 Å². The van der Waals surface area contributed by atoms with Gasteiger partial charge in [-0.25, -0.2) is 18.5 Å². The zero-order chi connectivity index (χ0) is 14.8. The minimum atomic E-state index is -3.78. The number of benzene rings is 1. The number of imidazole rings is 1. The van der Waals surface area contributed by atoms with Crippen molar-refractivity contribution in [3.05, 3.63) is 36.9 Å². The third-order valence-electron chi connectivity index (χ3n) is 2.77. The molecule has 2 rings (SSSR count). The standard InChI is InChI=1S/C12H17N5O2S/c1-9(7-17-5-4-15-8-17)16-10-2-3-12(11(13)6-10)20(14,18)19/h2-6,8-9,16H,7,13H2,1H3,(H2,14,18,19). The summed E-state index contributed by atoms with van der Waals surface area (Å²) in [7, 11) is -3.78. The molecule has 1 atom stereocenters. The first-order valence-electron chi connectivity index (χ1n) is 6.01. The van der Waals surface area contributed by atoms with Crippen molar-refractivity contribution < 1.29 is 8.42 Å². The van der Waals surface area contributed by atoms with Crippen LogP contribution in [0.5, 0.6) is 0 Å². The first-order chi connectivity index (χ1) is 9.36. The topological polar surface area (TPSA) is 116 Å². The maximum Gasteiger partial charge on any atom is 0.240 e. The third kappa shape index (κ3) is 3.49. The molecule has 0 saturated carbocycles. The lowest BCUT2D eigenvalue weighted by molar-refractivity contribution is 0.598. The van der Waals surface area contributed by atoms with Gasteiger partial charge in [0.2, 0.25) is 10.0 Å². The second-order valence-corrected chi connectivity index (χ2v) is 6.13. The van der Waals surface area contributed by atoms with Gasteiger partial charge < -0.3 is 15.6 Å². The number of aromatic nitrogens is 2. The molecule has 0 spiro atoms. The van der Waals surface area contributed by atoms with E-state index in [0.29, 0.717) is 0 Å². The van der Waals surface area contributed by atoms with E-state index in [2.05, 4.69) is 10.3 Å². The number of rotatable bonds is 5.